The Labute approximate surface area is 155 Å². The van der Waals surface area contributed by atoms with E-state index in [0.717, 1.165) is 38.5 Å². The first-order valence-electron chi connectivity index (χ1n) is 8.21. The minimum absolute atomic E-state index is 0. The number of ether oxygens (including phenoxy) is 1. The first-order valence-corrected chi connectivity index (χ1v) is 8.21. The molecule has 1 fully saturated rings. The first kappa shape index (κ1) is 21.2. The van der Waals surface area contributed by atoms with Gasteiger partial charge in [-0.25, -0.2) is 0 Å². The van der Waals surface area contributed by atoms with Gasteiger partial charge in [0.1, 0.15) is 5.75 Å². The van der Waals surface area contributed by atoms with E-state index in [4.69, 9.17) is 4.74 Å². The smallest absolute Gasteiger partial charge is 0.251 e. The third kappa shape index (κ3) is 6.53. The summed E-state index contributed by atoms with van der Waals surface area (Å²) in [6, 6.07) is 7.05. The molecule has 2 amide bonds. The van der Waals surface area contributed by atoms with E-state index in [1.165, 1.54) is 0 Å². The van der Waals surface area contributed by atoms with Gasteiger partial charge in [-0.1, -0.05) is 0 Å². The van der Waals surface area contributed by atoms with Crippen molar-refractivity contribution in [3.8, 4) is 5.75 Å². The highest BCUT2D eigenvalue weighted by Crippen LogP contribution is 2.11. The number of amides is 2. The minimum atomic E-state index is -0.0829. The van der Waals surface area contributed by atoms with Crippen LogP contribution < -0.4 is 15.4 Å². The summed E-state index contributed by atoms with van der Waals surface area (Å²) < 4.78 is 5.08. The van der Waals surface area contributed by atoms with E-state index in [-0.39, 0.29) is 24.2 Å². The van der Waals surface area contributed by atoms with Gasteiger partial charge in [0.15, 0.2) is 0 Å². The molecule has 2 N–H and O–H groups in total. The lowest BCUT2D eigenvalue weighted by Gasteiger charge is -2.34. The highest BCUT2D eigenvalue weighted by molar-refractivity contribution is 5.94. The van der Waals surface area contributed by atoms with E-state index in [0.29, 0.717) is 18.7 Å². The van der Waals surface area contributed by atoms with Crippen molar-refractivity contribution in [2.24, 2.45) is 0 Å². The number of piperazine rings is 1. The third-order valence-corrected chi connectivity index (χ3v) is 4.12. The molecule has 0 aliphatic carbocycles. The second kappa shape index (κ2) is 10.9. The van der Waals surface area contributed by atoms with E-state index in [2.05, 4.69) is 15.5 Å². The molecule has 0 atom stereocenters. The maximum atomic E-state index is 12.1. The Bertz CT molecular complexity index is 545. The van der Waals surface area contributed by atoms with Crippen molar-refractivity contribution in [2.45, 2.75) is 0 Å². The minimum Gasteiger partial charge on any atom is -0.497 e. The molecular formula is C17H27ClN4O3. The Balaban J connectivity index is 0.00000312. The largest absolute Gasteiger partial charge is 0.497 e. The van der Waals surface area contributed by atoms with Crippen molar-refractivity contribution >= 4 is 24.2 Å². The number of nitrogens with zero attached hydrogens (tertiary/aromatic N) is 2. The molecule has 0 aromatic heterocycles. The van der Waals surface area contributed by atoms with Crippen LogP contribution in [0.3, 0.4) is 0 Å². The van der Waals surface area contributed by atoms with Crippen LogP contribution in [0.5, 0.6) is 5.75 Å². The molecule has 8 heteroatoms. The molecule has 25 heavy (non-hydrogen) atoms. The van der Waals surface area contributed by atoms with Gasteiger partial charge in [-0.2, -0.15) is 0 Å². The summed E-state index contributed by atoms with van der Waals surface area (Å²) in [5.41, 5.74) is 0.623. The number of likely N-dealkylation sites (N-methyl/N-ethyl adjacent to an activating group) is 1. The molecule has 0 unspecified atom stereocenters. The zero-order valence-electron chi connectivity index (χ0n) is 14.8. The summed E-state index contributed by atoms with van der Waals surface area (Å²) in [4.78, 5) is 28.0. The molecule has 0 saturated carbocycles. The van der Waals surface area contributed by atoms with Gasteiger partial charge < -0.3 is 20.3 Å². The standard InChI is InChI=1S/C17H26N4O3.ClH/c1-18-13-16(22)21-11-9-20(10-12-21)8-7-19-17(23)14-3-5-15(24-2)6-4-14;/h3-6,18H,7-13H2,1-2H3,(H,19,23);1H. The lowest BCUT2D eigenvalue weighted by molar-refractivity contribution is -0.131. The molecule has 1 aliphatic rings. The van der Waals surface area contributed by atoms with E-state index in [1.54, 1.807) is 38.4 Å². The zero-order chi connectivity index (χ0) is 17.4. The predicted octanol–water partition coefficient (Wildman–Crippen LogP) is 0.210. The van der Waals surface area contributed by atoms with Gasteiger partial charge >= 0.3 is 0 Å². The maximum absolute atomic E-state index is 12.1. The molecule has 1 aliphatic heterocycles. The van der Waals surface area contributed by atoms with Gasteiger partial charge in [-0.3, -0.25) is 14.5 Å². The summed E-state index contributed by atoms with van der Waals surface area (Å²) in [5, 5.41) is 5.81. The number of methoxy groups -OCH3 is 1. The van der Waals surface area contributed by atoms with Gasteiger partial charge in [0.25, 0.3) is 5.91 Å². The van der Waals surface area contributed by atoms with E-state index in [1.807, 2.05) is 4.90 Å². The fourth-order valence-electron chi connectivity index (χ4n) is 2.66. The summed E-state index contributed by atoms with van der Waals surface area (Å²) in [6.45, 7) is 4.94. The SMILES string of the molecule is CNCC(=O)N1CCN(CCNC(=O)c2ccc(OC)cc2)CC1.Cl. The van der Waals surface area contributed by atoms with Crippen LogP contribution in [-0.2, 0) is 4.79 Å². The van der Waals surface area contributed by atoms with Gasteiger partial charge in [0.2, 0.25) is 5.91 Å². The predicted molar refractivity (Wildman–Crippen MR) is 99.5 cm³/mol. The van der Waals surface area contributed by atoms with Crippen LogP contribution in [-0.4, -0.2) is 81.6 Å². The topological polar surface area (TPSA) is 73.9 Å². The van der Waals surface area contributed by atoms with Crippen LogP contribution in [0, 0.1) is 0 Å². The number of benzene rings is 1. The van der Waals surface area contributed by atoms with Gasteiger partial charge in [0, 0.05) is 44.8 Å². The average Bonchev–Trinajstić information content (AvgIpc) is 2.62. The Kier molecular flexibility index (Phi) is 9.26. The zero-order valence-corrected chi connectivity index (χ0v) is 15.6. The molecule has 0 spiro atoms. The molecule has 140 valence electrons. The number of halogens is 1. The molecule has 7 nitrogen and oxygen atoms in total. The number of carbonyl (C=O) groups excluding carboxylic acids is 2. The molecule has 2 rings (SSSR count). The lowest BCUT2D eigenvalue weighted by Crippen LogP contribution is -2.51. The fourth-order valence-corrected chi connectivity index (χ4v) is 2.66. The average molecular weight is 371 g/mol. The van der Waals surface area contributed by atoms with Crippen LogP contribution in [0.2, 0.25) is 0 Å². The number of hydrogen-bond acceptors (Lipinski definition) is 5. The second-order valence-corrected chi connectivity index (χ2v) is 5.74. The number of nitrogens with one attached hydrogen (secondary N) is 2. The number of carbonyl (C=O) groups is 2. The summed E-state index contributed by atoms with van der Waals surface area (Å²) >= 11 is 0. The molecule has 1 heterocycles. The monoisotopic (exact) mass is 370 g/mol. The Morgan fingerprint density at radius 3 is 2.32 bits per heavy atom. The van der Waals surface area contributed by atoms with Crippen molar-refractivity contribution in [3.05, 3.63) is 29.8 Å². The van der Waals surface area contributed by atoms with Crippen LogP contribution in [0.25, 0.3) is 0 Å². The quantitative estimate of drug-likeness (QED) is 0.717. The van der Waals surface area contributed by atoms with Gasteiger partial charge in [-0.15, -0.1) is 12.4 Å². The highest BCUT2D eigenvalue weighted by atomic mass is 35.5. The van der Waals surface area contributed by atoms with Crippen LogP contribution >= 0.6 is 12.4 Å². The third-order valence-electron chi connectivity index (χ3n) is 4.12. The fraction of sp³-hybridized carbons (Fsp3) is 0.529. The Morgan fingerprint density at radius 1 is 1.12 bits per heavy atom. The van der Waals surface area contributed by atoms with Crippen molar-refractivity contribution in [3.63, 3.8) is 0 Å². The second-order valence-electron chi connectivity index (χ2n) is 5.74. The van der Waals surface area contributed by atoms with Gasteiger partial charge in [-0.05, 0) is 31.3 Å². The summed E-state index contributed by atoms with van der Waals surface area (Å²) in [7, 11) is 3.38. The summed E-state index contributed by atoms with van der Waals surface area (Å²) in [6.07, 6.45) is 0. The van der Waals surface area contributed by atoms with E-state index >= 15 is 0 Å². The molecule has 0 radical (unpaired) electrons. The van der Waals surface area contributed by atoms with E-state index in [9.17, 15) is 9.59 Å². The molecule has 1 saturated heterocycles. The van der Waals surface area contributed by atoms with Crippen LogP contribution in [0.1, 0.15) is 10.4 Å². The molecular weight excluding hydrogens is 344 g/mol. The summed E-state index contributed by atoms with van der Waals surface area (Å²) in [5.74, 6) is 0.794. The van der Waals surface area contributed by atoms with Crippen LogP contribution in [0.4, 0.5) is 0 Å². The van der Waals surface area contributed by atoms with E-state index < -0.39 is 0 Å². The normalized spacial score (nSPS) is 14.6. The Morgan fingerprint density at radius 2 is 1.76 bits per heavy atom. The van der Waals surface area contributed by atoms with Crippen molar-refractivity contribution in [2.75, 3.05) is 60.0 Å². The van der Waals surface area contributed by atoms with Gasteiger partial charge in [0.05, 0.1) is 13.7 Å². The van der Waals surface area contributed by atoms with Crippen molar-refractivity contribution in [1.82, 2.24) is 20.4 Å². The number of rotatable bonds is 7. The van der Waals surface area contributed by atoms with Crippen LogP contribution in [0.15, 0.2) is 24.3 Å². The van der Waals surface area contributed by atoms with Crippen molar-refractivity contribution in [1.29, 1.82) is 0 Å². The Hall–Kier alpha value is -1.83. The first-order chi connectivity index (χ1) is 11.6. The molecule has 0 bridgehead atoms. The highest BCUT2D eigenvalue weighted by Gasteiger charge is 2.20. The van der Waals surface area contributed by atoms with Crippen molar-refractivity contribution < 1.29 is 14.3 Å². The molecule has 1 aromatic rings. The molecule has 1 aromatic carbocycles. The lowest BCUT2D eigenvalue weighted by atomic mass is 10.2. The number of hydrogen-bond donors (Lipinski definition) is 2. The maximum Gasteiger partial charge on any atom is 0.251 e.